The molecule has 1 N–H and O–H groups in total. The van der Waals surface area contributed by atoms with Gasteiger partial charge in [0.2, 0.25) is 0 Å². The van der Waals surface area contributed by atoms with E-state index in [1.807, 2.05) is 6.07 Å². The predicted octanol–water partition coefficient (Wildman–Crippen LogP) is 5.63. The van der Waals surface area contributed by atoms with Crippen molar-refractivity contribution in [2.75, 3.05) is 5.32 Å². The zero-order chi connectivity index (χ0) is 15.6. The van der Waals surface area contributed by atoms with Crippen molar-refractivity contribution in [1.29, 1.82) is 5.26 Å². The molecule has 21 heavy (non-hydrogen) atoms. The van der Waals surface area contributed by atoms with Crippen molar-refractivity contribution >= 4 is 34.6 Å². The van der Waals surface area contributed by atoms with Gasteiger partial charge in [0, 0.05) is 0 Å². The second-order valence-electron chi connectivity index (χ2n) is 4.12. The van der Waals surface area contributed by atoms with Crippen molar-refractivity contribution in [3.8, 4) is 6.07 Å². The first-order valence-electron chi connectivity index (χ1n) is 5.64. The van der Waals surface area contributed by atoms with Crippen LogP contribution in [0.4, 0.5) is 24.5 Å². The fourth-order valence-corrected chi connectivity index (χ4v) is 2.02. The predicted molar refractivity (Wildman–Crippen MR) is 75.9 cm³/mol. The standard InChI is InChI=1S/C14H7Cl2F3N2/c15-10-3-2-9(14(17,18)19)6-13(10)21-12-4-1-8(7-20)5-11(12)16/h1-6,21H. The van der Waals surface area contributed by atoms with Crippen molar-refractivity contribution < 1.29 is 13.2 Å². The molecule has 0 heterocycles. The Morgan fingerprint density at radius 2 is 1.67 bits per heavy atom. The first kappa shape index (κ1) is 15.5. The quantitative estimate of drug-likeness (QED) is 0.774. The molecular weight excluding hydrogens is 324 g/mol. The van der Waals surface area contributed by atoms with Gasteiger partial charge in [-0.05, 0) is 36.4 Å². The highest BCUT2D eigenvalue weighted by Gasteiger charge is 2.31. The molecule has 108 valence electrons. The van der Waals surface area contributed by atoms with E-state index in [0.717, 1.165) is 18.2 Å². The molecule has 2 rings (SSSR count). The van der Waals surface area contributed by atoms with E-state index >= 15 is 0 Å². The maximum Gasteiger partial charge on any atom is 0.416 e. The molecule has 2 aromatic rings. The number of rotatable bonds is 2. The lowest BCUT2D eigenvalue weighted by atomic mass is 10.1. The number of nitrogens with zero attached hydrogens (tertiary/aromatic N) is 1. The Morgan fingerprint density at radius 1 is 0.952 bits per heavy atom. The average Bonchev–Trinajstić information content (AvgIpc) is 2.42. The van der Waals surface area contributed by atoms with E-state index < -0.39 is 11.7 Å². The zero-order valence-corrected chi connectivity index (χ0v) is 11.8. The number of hydrogen-bond donors (Lipinski definition) is 1. The van der Waals surface area contributed by atoms with Crippen LogP contribution in [0.3, 0.4) is 0 Å². The van der Waals surface area contributed by atoms with E-state index in [1.165, 1.54) is 18.2 Å². The van der Waals surface area contributed by atoms with Crippen molar-refractivity contribution in [2.24, 2.45) is 0 Å². The molecule has 0 atom stereocenters. The summed E-state index contributed by atoms with van der Waals surface area (Å²) in [6.45, 7) is 0. The van der Waals surface area contributed by atoms with Crippen molar-refractivity contribution in [1.82, 2.24) is 0 Å². The minimum atomic E-state index is -4.46. The van der Waals surface area contributed by atoms with Gasteiger partial charge in [-0.1, -0.05) is 23.2 Å². The second-order valence-corrected chi connectivity index (χ2v) is 4.94. The second kappa shape index (κ2) is 5.84. The number of hydrogen-bond acceptors (Lipinski definition) is 2. The van der Waals surface area contributed by atoms with Crippen LogP contribution >= 0.6 is 23.2 Å². The van der Waals surface area contributed by atoms with Crippen LogP contribution in [0.25, 0.3) is 0 Å². The van der Waals surface area contributed by atoms with Crippen LogP contribution in [0.2, 0.25) is 10.0 Å². The summed E-state index contributed by atoms with van der Waals surface area (Å²) in [6.07, 6.45) is -4.46. The smallest absolute Gasteiger partial charge is 0.353 e. The van der Waals surface area contributed by atoms with Crippen LogP contribution in [0.1, 0.15) is 11.1 Å². The lowest BCUT2D eigenvalue weighted by Crippen LogP contribution is -2.05. The average molecular weight is 331 g/mol. The minimum Gasteiger partial charge on any atom is -0.353 e. The first-order chi connectivity index (χ1) is 9.81. The van der Waals surface area contributed by atoms with Crippen molar-refractivity contribution in [3.05, 3.63) is 57.6 Å². The molecule has 2 aromatic carbocycles. The van der Waals surface area contributed by atoms with E-state index in [1.54, 1.807) is 0 Å². The summed E-state index contributed by atoms with van der Waals surface area (Å²) in [5.41, 5.74) is -0.0325. The summed E-state index contributed by atoms with van der Waals surface area (Å²) < 4.78 is 38.1. The minimum absolute atomic E-state index is 0.0816. The summed E-state index contributed by atoms with van der Waals surface area (Å²) in [5.74, 6) is 0. The molecule has 0 aromatic heterocycles. The van der Waals surface area contributed by atoms with Gasteiger partial charge in [0.25, 0.3) is 0 Å². The van der Waals surface area contributed by atoms with E-state index in [4.69, 9.17) is 28.5 Å². The van der Waals surface area contributed by atoms with E-state index in [9.17, 15) is 13.2 Å². The lowest BCUT2D eigenvalue weighted by Gasteiger charge is -2.13. The third kappa shape index (κ3) is 3.60. The third-order valence-corrected chi connectivity index (χ3v) is 3.30. The highest BCUT2D eigenvalue weighted by atomic mass is 35.5. The monoisotopic (exact) mass is 330 g/mol. The molecule has 0 unspecified atom stereocenters. The van der Waals surface area contributed by atoms with Gasteiger partial charge in [-0.15, -0.1) is 0 Å². The molecule has 0 fully saturated rings. The van der Waals surface area contributed by atoms with E-state index in [0.29, 0.717) is 11.3 Å². The summed E-state index contributed by atoms with van der Waals surface area (Å²) in [4.78, 5) is 0. The first-order valence-corrected chi connectivity index (χ1v) is 6.40. The van der Waals surface area contributed by atoms with Gasteiger partial charge in [0.1, 0.15) is 0 Å². The van der Waals surface area contributed by atoms with Gasteiger partial charge < -0.3 is 5.32 Å². The normalized spacial score (nSPS) is 11.0. The van der Waals surface area contributed by atoms with Crippen LogP contribution < -0.4 is 5.32 Å². The van der Waals surface area contributed by atoms with Crippen molar-refractivity contribution in [3.63, 3.8) is 0 Å². The highest BCUT2D eigenvalue weighted by Crippen LogP contribution is 2.36. The molecule has 0 bridgehead atoms. The Morgan fingerprint density at radius 3 is 2.24 bits per heavy atom. The largest absolute Gasteiger partial charge is 0.416 e. The summed E-state index contributed by atoms with van der Waals surface area (Å²) >= 11 is 11.8. The summed E-state index contributed by atoms with van der Waals surface area (Å²) in [6, 6.07) is 9.27. The third-order valence-electron chi connectivity index (χ3n) is 2.66. The summed E-state index contributed by atoms with van der Waals surface area (Å²) in [7, 11) is 0. The van der Waals surface area contributed by atoms with Crippen LogP contribution in [0.15, 0.2) is 36.4 Å². The van der Waals surface area contributed by atoms with Gasteiger partial charge in [-0.2, -0.15) is 18.4 Å². The lowest BCUT2D eigenvalue weighted by molar-refractivity contribution is -0.137. The molecular formula is C14H7Cl2F3N2. The number of benzene rings is 2. The van der Waals surface area contributed by atoms with E-state index in [2.05, 4.69) is 5.32 Å². The van der Waals surface area contributed by atoms with Crippen LogP contribution in [0.5, 0.6) is 0 Å². The number of nitriles is 1. The van der Waals surface area contributed by atoms with Gasteiger partial charge in [-0.3, -0.25) is 0 Å². The van der Waals surface area contributed by atoms with Crippen LogP contribution in [0, 0.1) is 11.3 Å². The molecule has 0 aliphatic carbocycles. The Hall–Kier alpha value is -1.90. The Balaban J connectivity index is 2.38. The van der Waals surface area contributed by atoms with Gasteiger partial charge in [0.05, 0.1) is 38.6 Å². The number of halogens is 5. The molecule has 0 saturated heterocycles. The Labute approximate surface area is 128 Å². The zero-order valence-electron chi connectivity index (χ0n) is 10.3. The van der Waals surface area contributed by atoms with Gasteiger partial charge in [-0.25, -0.2) is 0 Å². The number of alkyl halides is 3. The van der Waals surface area contributed by atoms with Crippen LogP contribution in [-0.2, 0) is 6.18 Å². The maximum absolute atomic E-state index is 12.7. The fourth-order valence-electron chi connectivity index (χ4n) is 1.63. The Bertz CT molecular complexity index is 721. The fraction of sp³-hybridized carbons (Fsp3) is 0.0714. The molecule has 0 spiro atoms. The molecule has 0 saturated carbocycles. The summed E-state index contributed by atoms with van der Waals surface area (Å²) in [5, 5.41) is 11.8. The number of nitrogens with one attached hydrogen (secondary N) is 1. The molecule has 0 aliphatic heterocycles. The van der Waals surface area contributed by atoms with Crippen LogP contribution in [-0.4, -0.2) is 0 Å². The molecule has 0 aliphatic rings. The topological polar surface area (TPSA) is 35.8 Å². The van der Waals surface area contributed by atoms with E-state index in [-0.39, 0.29) is 15.7 Å². The molecule has 0 amide bonds. The van der Waals surface area contributed by atoms with Gasteiger partial charge >= 0.3 is 6.18 Å². The molecule has 0 radical (unpaired) electrons. The Kier molecular flexibility index (Phi) is 4.31. The number of anilines is 2. The highest BCUT2D eigenvalue weighted by molar-refractivity contribution is 6.34. The maximum atomic E-state index is 12.7. The molecule has 2 nitrogen and oxygen atoms in total. The van der Waals surface area contributed by atoms with Gasteiger partial charge in [0.15, 0.2) is 0 Å². The van der Waals surface area contributed by atoms with Crippen molar-refractivity contribution in [2.45, 2.75) is 6.18 Å². The SMILES string of the molecule is N#Cc1ccc(Nc2cc(C(F)(F)F)ccc2Cl)c(Cl)c1. The molecule has 7 heteroatoms.